The van der Waals surface area contributed by atoms with Crippen LogP contribution in [-0.2, 0) is 0 Å². The third kappa shape index (κ3) is 5.67. The van der Waals surface area contributed by atoms with Crippen LogP contribution in [0.4, 0.5) is 10.1 Å². The Morgan fingerprint density at radius 3 is 2.79 bits per heavy atom. The van der Waals surface area contributed by atoms with Crippen LogP contribution < -0.4 is 10.6 Å². The fraction of sp³-hybridized carbons (Fsp3) is 0.391. The topological polar surface area (TPSA) is 53.5 Å². The van der Waals surface area contributed by atoms with E-state index in [-0.39, 0.29) is 17.8 Å². The molecule has 0 unspecified atom stereocenters. The molecule has 154 valence electrons. The van der Waals surface area contributed by atoms with Crippen LogP contribution in [0.5, 0.6) is 0 Å². The molecule has 2 N–H and O–H groups in total. The average Bonchev–Trinajstić information content (AvgIpc) is 3.53. The van der Waals surface area contributed by atoms with Crippen molar-refractivity contribution in [2.75, 3.05) is 12.4 Å². The highest BCUT2D eigenvalue weighted by Gasteiger charge is 2.24. The van der Waals surface area contributed by atoms with Gasteiger partial charge in [0.05, 0.1) is 5.69 Å². The van der Waals surface area contributed by atoms with E-state index in [0.29, 0.717) is 11.1 Å². The molecular formula is C23H28FN3OS. The molecule has 3 rings (SSSR count). The molecule has 29 heavy (non-hydrogen) atoms. The summed E-state index contributed by atoms with van der Waals surface area (Å²) in [6.07, 6.45) is 4.29. The van der Waals surface area contributed by atoms with Gasteiger partial charge in [-0.1, -0.05) is 19.4 Å². The zero-order valence-electron chi connectivity index (χ0n) is 17.1. The van der Waals surface area contributed by atoms with Crippen molar-refractivity contribution in [2.24, 2.45) is 4.99 Å². The monoisotopic (exact) mass is 413 g/mol. The number of hydrogen-bond donors (Lipinski definition) is 2. The first-order valence-electron chi connectivity index (χ1n) is 10.1. The molecule has 0 spiro atoms. The second kappa shape index (κ2) is 10.0. The van der Waals surface area contributed by atoms with Crippen molar-refractivity contribution < 1.29 is 9.18 Å². The number of nitrogens with zero attached hydrogens (tertiary/aromatic N) is 1. The zero-order valence-corrected chi connectivity index (χ0v) is 17.9. The molecule has 2 aromatic rings. The Bertz CT molecular complexity index is 896. The van der Waals surface area contributed by atoms with Gasteiger partial charge in [-0.2, -0.15) is 0 Å². The van der Waals surface area contributed by atoms with Gasteiger partial charge in [0.1, 0.15) is 5.82 Å². The molecule has 0 radical (unpaired) electrons. The number of halogens is 1. The Labute approximate surface area is 176 Å². The summed E-state index contributed by atoms with van der Waals surface area (Å²) >= 11 is 1.65. The summed E-state index contributed by atoms with van der Waals surface area (Å²) in [6, 6.07) is 9.13. The van der Waals surface area contributed by atoms with Gasteiger partial charge >= 0.3 is 0 Å². The smallest absolute Gasteiger partial charge is 0.251 e. The molecule has 4 nitrogen and oxygen atoms in total. The van der Waals surface area contributed by atoms with E-state index < -0.39 is 0 Å². The summed E-state index contributed by atoms with van der Waals surface area (Å²) in [4.78, 5) is 17.5. The molecule has 0 heterocycles. The molecule has 1 saturated carbocycles. The number of benzene rings is 2. The molecule has 0 aromatic heterocycles. The molecule has 0 atom stereocenters. The first-order chi connectivity index (χ1) is 14.0. The number of thioether (sulfide) groups is 1. The number of carbonyl (C=O) groups excluding carboxylic acids is 1. The lowest BCUT2D eigenvalue weighted by Crippen LogP contribution is -2.25. The van der Waals surface area contributed by atoms with E-state index in [4.69, 9.17) is 0 Å². The molecule has 1 aliphatic carbocycles. The van der Waals surface area contributed by atoms with E-state index in [2.05, 4.69) is 29.3 Å². The minimum absolute atomic E-state index is 0.216. The van der Waals surface area contributed by atoms with Crippen LogP contribution in [0.2, 0.25) is 0 Å². The molecule has 6 heteroatoms. The van der Waals surface area contributed by atoms with Crippen LogP contribution >= 0.6 is 11.8 Å². The molecule has 1 fully saturated rings. The van der Waals surface area contributed by atoms with Crippen LogP contribution in [-0.4, -0.2) is 31.1 Å². The number of unbranched alkanes of at least 4 members (excludes halogenated alkanes) is 1. The van der Waals surface area contributed by atoms with Gasteiger partial charge in [0.15, 0.2) is 0 Å². The fourth-order valence-corrected chi connectivity index (χ4v) is 3.93. The van der Waals surface area contributed by atoms with Crippen molar-refractivity contribution >= 4 is 30.1 Å². The number of aliphatic imine (C=N–C) groups is 1. The summed E-state index contributed by atoms with van der Waals surface area (Å²) in [5.74, 6) is 0.180. The van der Waals surface area contributed by atoms with Crippen LogP contribution in [0.1, 0.15) is 48.5 Å². The first-order valence-corrected chi connectivity index (χ1v) is 11.1. The van der Waals surface area contributed by atoms with Gasteiger partial charge in [0, 0.05) is 22.4 Å². The van der Waals surface area contributed by atoms with Gasteiger partial charge in [0.2, 0.25) is 0 Å². The Morgan fingerprint density at radius 1 is 1.31 bits per heavy atom. The lowest BCUT2D eigenvalue weighted by atomic mass is 9.97. The number of nitrogens with one attached hydrogen (secondary N) is 2. The van der Waals surface area contributed by atoms with Crippen molar-refractivity contribution in [1.82, 2.24) is 10.6 Å². The zero-order chi connectivity index (χ0) is 20.8. The first kappa shape index (κ1) is 21.5. The fourth-order valence-electron chi connectivity index (χ4n) is 3.04. The van der Waals surface area contributed by atoms with E-state index >= 15 is 0 Å². The standard InChI is InChI=1S/C23H28FN3OS/c1-4-5-10-26-14-29-22-13-16(6-9-21(22)25-3)19-11-17(12-20(24)15(19)2)23(28)27-18-7-8-18/h6,9,11-13,18,26H,3-5,7-8,10,14H2,1-2H3,(H,27,28). The third-order valence-electron chi connectivity index (χ3n) is 5.00. The van der Waals surface area contributed by atoms with E-state index in [1.807, 2.05) is 18.2 Å². The summed E-state index contributed by atoms with van der Waals surface area (Å²) in [5.41, 5.74) is 3.28. The van der Waals surface area contributed by atoms with Crippen molar-refractivity contribution in [2.45, 2.75) is 50.5 Å². The normalized spacial score (nSPS) is 13.3. The maximum absolute atomic E-state index is 14.6. The lowest BCUT2D eigenvalue weighted by molar-refractivity contribution is 0.0950. The van der Waals surface area contributed by atoms with Crippen molar-refractivity contribution in [3.05, 3.63) is 47.3 Å². The Kier molecular flexibility index (Phi) is 7.45. The summed E-state index contributed by atoms with van der Waals surface area (Å²) in [7, 11) is 0. The average molecular weight is 414 g/mol. The number of rotatable bonds is 10. The molecule has 1 amide bonds. The van der Waals surface area contributed by atoms with Gasteiger partial charge in [0.25, 0.3) is 5.91 Å². The van der Waals surface area contributed by atoms with Crippen molar-refractivity contribution in [1.29, 1.82) is 0 Å². The van der Waals surface area contributed by atoms with Gasteiger partial charge in [-0.05, 0) is 80.4 Å². The predicted molar refractivity (Wildman–Crippen MR) is 120 cm³/mol. The Morgan fingerprint density at radius 2 is 2.10 bits per heavy atom. The molecule has 0 saturated heterocycles. The largest absolute Gasteiger partial charge is 0.349 e. The van der Waals surface area contributed by atoms with E-state index in [1.165, 1.54) is 6.07 Å². The molecule has 0 bridgehead atoms. The number of hydrogen-bond acceptors (Lipinski definition) is 4. The van der Waals surface area contributed by atoms with Gasteiger partial charge in [-0.25, -0.2) is 4.39 Å². The Balaban J connectivity index is 1.86. The quantitative estimate of drug-likeness (QED) is 0.235. The van der Waals surface area contributed by atoms with Crippen molar-refractivity contribution in [3.63, 3.8) is 0 Å². The second-order valence-electron chi connectivity index (χ2n) is 7.36. The third-order valence-corrected chi connectivity index (χ3v) is 5.98. The minimum Gasteiger partial charge on any atom is -0.349 e. The lowest BCUT2D eigenvalue weighted by Gasteiger charge is -2.13. The van der Waals surface area contributed by atoms with E-state index in [0.717, 1.165) is 59.8 Å². The maximum Gasteiger partial charge on any atom is 0.251 e. The highest BCUT2D eigenvalue weighted by Crippen LogP contribution is 2.35. The van der Waals surface area contributed by atoms with Crippen LogP contribution in [0.25, 0.3) is 11.1 Å². The van der Waals surface area contributed by atoms with E-state index in [9.17, 15) is 9.18 Å². The maximum atomic E-state index is 14.6. The molecular weight excluding hydrogens is 385 g/mol. The summed E-state index contributed by atoms with van der Waals surface area (Å²) < 4.78 is 14.6. The molecule has 1 aliphatic rings. The van der Waals surface area contributed by atoms with E-state index in [1.54, 1.807) is 24.8 Å². The molecule has 0 aliphatic heterocycles. The highest BCUT2D eigenvalue weighted by molar-refractivity contribution is 7.99. The minimum atomic E-state index is -0.371. The van der Waals surface area contributed by atoms with Crippen LogP contribution in [0, 0.1) is 12.7 Å². The number of carbonyl (C=O) groups is 1. The van der Waals surface area contributed by atoms with Crippen LogP contribution in [0.3, 0.4) is 0 Å². The second-order valence-corrected chi connectivity index (χ2v) is 8.38. The summed E-state index contributed by atoms with van der Waals surface area (Å²) in [6.45, 7) is 8.54. The van der Waals surface area contributed by atoms with Gasteiger partial charge in [-0.15, -0.1) is 11.8 Å². The van der Waals surface area contributed by atoms with Gasteiger partial charge < -0.3 is 10.6 Å². The van der Waals surface area contributed by atoms with Crippen molar-refractivity contribution in [3.8, 4) is 11.1 Å². The van der Waals surface area contributed by atoms with Gasteiger partial charge in [-0.3, -0.25) is 9.79 Å². The SMILES string of the molecule is C=Nc1ccc(-c2cc(C(=O)NC3CC3)cc(F)c2C)cc1SCNCCCC. The van der Waals surface area contributed by atoms with Crippen LogP contribution in [0.15, 0.2) is 40.2 Å². The number of amides is 1. The summed E-state index contributed by atoms with van der Waals surface area (Å²) in [5, 5.41) is 6.33. The highest BCUT2D eigenvalue weighted by atomic mass is 32.2. The molecule has 2 aromatic carbocycles. The predicted octanol–water partition coefficient (Wildman–Crippen LogP) is 5.46. The Hall–Kier alpha value is -2.18.